The fraction of sp³-hybridized carbons (Fsp3) is 0.300. The van der Waals surface area contributed by atoms with Gasteiger partial charge in [-0.25, -0.2) is 14.4 Å². The third kappa shape index (κ3) is 5.66. The highest BCUT2D eigenvalue weighted by molar-refractivity contribution is 6.30. The van der Waals surface area contributed by atoms with Crippen LogP contribution in [0.3, 0.4) is 0 Å². The molecule has 6 rings (SSSR count). The van der Waals surface area contributed by atoms with Gasteiger partial charge in [-0.2, -0.15) is 5.26 Å². The molecule has 0 bridgehead atoms. The molecule has 2 aromatic heterocycles. The van der Waals surface area contributed by atoms with Crippen LogP contribution in [0.15, 0.2) is 60.8 Å². The Morgan fingerprint density at radius 2 is 2.10 bits per heavy atom. The van der Waals surface area contributed by atoms with Crippen LogP contribution in [-0.2, 0) is 24.4 Å². The van der Waals surface area contributed by atoms with Gasteiger partial charge in [0.05, 0.1) is 24.8 Å². The van der Waals surface area contributed by atoms with Crippen LogP contribution in [0.25, 0.3) is 16.7 Å². The lowest BCUT2D eigenvalue weighted by Gasteiger charge is -2.29. The van der Waals surface area contributed by atoms with Crippen molar-refractivity contribution >= 4 is 28.3 Å². The van der Waals surface area contributed by atoms with E-state index in [0.29, 0.717) is 35.0 Å². The molecule has 0 N–H and O–H groups in total. The summed E-state index contributed by atoms with van der Waals surface area (Å²) in [5.41, 5.74) is 4.87. The molecule has 0 spiro atoms. The number of aromatic nitrogens is 3. The van der Waals surface area contributed by atoms with Crippen LogP contribution < -0.4 is 4.74 Å². The fourth-order valence-electron chi connectivity index (χ4n) is 4.97. The first-order chi connectivity index (χ1) is 19.1. The molecule has 2 aliphatic rings. The summed E-state index contributed by atoms with van der Waals surface area (Å²) in [6.45, 7) is 4.00. The Morgan fingerprint density at radius 3 is 2.85 bits per heavy atom. The molecule has 9 heteroatoms. The molecule has 4 aromatic rings. The maximum absolute atomic E-state index is 14.1. The topological polar surface area (TPSA) is 76.2 Å². The van der Waals surface area contributed by atoms with Crippen LogP contribution in [-0.4, -0.2) is 45.2 Å². The molecule has 0 aliphatic carbocycles. The zero-order valence-electron chi connectivity index (χ0n) is 21.3. The Morgan fingerprint density at radius 1 is 1.21 bits per heavy atom. The second kappa shape index (κ2) is 11.1. The molecule has 198 valence electrons. The minimum atomic E-state index is -0.372. The molecule has 2 aliphatic heterocycles. The van der Waals surface area contributed by atoms with Gasteiger partial charge in [-0.3, -0.25) is 4.90 Å². The van der Waals surface area contributed by atoms with E-state index in [2.05, 4.69) is 32.7 Å². The summed E-state index contributed by atoms with van der Waals surface area (Å²) in [7, 11) is 0. The van der Waals surface area contributed by atoms with E-state index >= 15 is 0 Å². The predicted octanol–water partition coefficient (Wildman–Crippen LogP) is 5.75. The number of halogens is 2. The largest absolute Gasteiger partial charge is 0.489 e. The molecule has 1 unspecified atom stereocenters. The third-order valence-electron chi connectivity index (χ3n) is 7.25. The number of nitriles is 1. The average Bonchev–Trinajstić information content (AvgIpc) is 3.26. The minimum absolute atomic E-state index is 0.136. The van der Waals surface area contributed by atoms with E-state index in [1.807, 2.05) is 18.2 Å². The van der Waals surface area contributed by atoms with E-state index in [-0.39, 0.29) is 18.5 Å². The van der Waals surface area contributed by atoms with Crippen LogP contribution >= 0.6 is 11.6 Å². The van der Waals surface area contributed by atoms with Gasteiger partial charge in [0.15, 0.2) is 5.65 Å². The molecule has 2 aromatic carbocycles. The van der Waals surface area contributed by atoms with Crippen molar-refractivity contribution in [3.63, 3.8) is 0 Å². The van der Waals surface area contributed by atoms with Gasteiger partial charge in [-0.05, 0) is 54.3 Å². The number of ether oxygens (including phenoxy) is 2. The normalized spacial score (nSPS) is 17.5. The van der Waals surface area contributed by atoms with Crippen molar-refractivity contribution in [2.75, 3.05) is 19.7 Å². The molecular formula is C30H27ClFN5O2. The highest BCUT2D eigenvalue weighted by Gasteiger charge is 2.24. The van der Waals surface area contributed by atoms with E-state index in [9.17, 15) is 9.65 Å². The van der Waals surface area contributed by atoms with Gasteiger partial charge in [0, 0.05) is 36.5 Å². The average molecular weight is 544 g/mol. The maximum Gasteiger partial charge on any atom is 0.160 e. The molecule has 1 fully saturated rings. The molecule has 1 saturated heterocycles. The highest BCUT2D eigenvalue weighted by atomic mass is 35.5. The number of nitrogens with zero attached hydrogens (tertiary/aromatic N) is 5. The zero-order chi connectivity index (χ0) is 26.8. The van der Waals surface area contributed by atoms with Crippen LogP contribution in [0.1, 0.15) is 35.4 Å². The summed E-state index contributed by atoms with van der Waals surface area (Å²) < 4.78 is 27.8. The van der Waals surface area contributed by atoms with Crippen molar-refractivity contribution in [3.05, 3.63) is 94.2 Å². The predicted molar refractivity (Wildman–Crippen MR) is 147 cm³/mol. The number of fused-ring (bicyclic) bond motifs is 1. The number of hydrogen-bond donors (Lipinski definition) is 0. The number of pyridine rings is 1. The minimum Gasteiger partial charge on any atom is -0.489 e. The van der Waals surface area contributed by atoms with Gasteiger partial charge in [-0.1, -0.05) is 35.9 Å². The van der Waals surface area contributed by atoms with Gasteiger partial charge in [0.1, 0.15) is 35.6 Å². The smallest absolute Gasteiger partial charge is 0.160 e. The van der Waals surface area contributed by atoms with E-state index < -0.39 is 0 Å². The highest BCUT2D eigenvalue weighted by Crippen LogP contribution is 2.28. The molecule has 1 atom stereocenters. The lowest BCUT2D eigenvalue weighted by Crippen LogP contribution is -2.33. The molecule has 39 heavy (non-hydrogen) atoms. The molecule has 7 nitrogen and oxygen atoms in total. The Kier molecular flexibility index (Phi) is 7.29. The van der Waals surface area contributed by atoms with Crippen molar-refractivity contribution < 1.29 is 13.9 Å². The lowest BCUT2D eigenvalue weighted by atomic mass is 9.99. The SMILES string of the molecule is N#Cc1cnc2c(c1)nc(CN1CC=C(c3cccc(OCc4ccc(Cl)cc4F)c3)CC1)n2CC1CCO1. The number of benzene rings is 2. The van der Waals surface area contributed by atoms with Gasteiger partial charge in [-0.15, -0.1) is 0 Å². The van der Waals surface area contributed by atoms with Gasteiger partial charge in [0.2, 0.25) is 0 Å². The summed E-state index contributed by atoms with van der Waals surface area (Å²) >= 11 is 5.85. The summed E-state index contributed by atoms with van der Waals surface area (Å²) in [6.07, 6.45) is 5.94. The summed E-state index contributed by atoms with van der Waals surface area (Å²) in [6, 6.07) is 16.5. The quantitative estimate of drug-likeness (QED) is 0.281. The number of rotatable bonds is 8. The molecule has 0 amide bonds. The van der Waals surface area contributed by atoms with Crippen molar-refractivity contribution in [2.24, 2.45) is 0 Å². The second-order valence-corrected chi connectivity index (χ2v) is 10.3. The van der Waals surface area contributed by atoms with Crippen molar-refractivity contribution in [1.29, 1.82) is 5.26 Å². The third-order valence-corrected chi connectivity index (χ3v) is 7.48. The molecule has 0 saturated carbocycles. The fourth-order valence-corrected chi connectivity index (χ4v) is 5.12. The van der Waals surface area contributed by atoms with Crippen LogP contribution in [0.5, 0.6) is 5.75 Å². The molecule has 4 heterocycles. The van der Waals surface area contributed by atoms with Crippen LogP contribution in [0, 0.1) is 17.1 Å². The van der Waals surface area contributed by atoms with Crippen molar-refractivity contribution in [2.45, 2.75) is 38.6 Å². The van der Waals surface area contributed by atoms with E-state index in [1.165, 1.54) is 11.6 Å². The van der Waals surface area contributed by atoms with Gasteiger partial charge in [0.25, 0.3) is 0 Å². The van der Waals surface area contributed by atoms with E-state index in [4.69, 9.17) is 26.1 Å². The molecular weight excluding hydrogens is 517 g/mol. The molecule has 0 radical (unpaired) electrons. The summed E-state index contributed by atoms with van der Waals surface area (Å²) in [5, 5.41) is 9.65. The number of hydrogen-bond acceptors (Lipinski definition) is 6. The standard InChI is InChI=1S/C30H27ClFN5O2/c31-24-5-4-23(27(32)14-24)19-39-25-3-1-2-22(13-25)21-6-9-36(10-7-21)18-29-35-28-12-20(15-33)16-34-30(28)37(29)17-26-8-11-38-26/h1-6,12-14,16,26H,7-11,17-19H2. The zero-order valence-corrected chi connectivity index (χ0v) is 22.1. The Hall–Kier alpha value is -3.77. The van der Waals surface area contributed by atoms with Gasteiger partial charge >= 0.3 is 0 Å². The first-order valence-corrected chi connectivity index (χ1v) is 13.4. The van der Waals surface area contributed by atoms with Crippen LogP contribution in [0.2, 0.25) is 5.02 Å². The first kappa shape index (κ1) is 25.5. The maximum atomic E-state index is 14.1. The first-order valence-electron chi connectivity index (χ1n) is 13.0. The number of imidazole rings is 1. The monoisotopic (exact) mass is 543 g/mol. The van der Waals surface area contributed by atoms with E-state index in [0.717, 1.165) is 55.1 Å². The second-order valence-electron chi connectivity index (χ2n) is 9.87. The summed E-state index contributed by atoms with van der Waals surface area (Å²) in [5.74, 6) is 1.26. The van der Waals surface area contributed by atoms with E-state index in [1.54, 1.807) is 24.4 Å². The van der Waals surface area contributed by atoms with Gasteiger partial charge < -0.3 is 14.0 Å². The lowest BCUT2D eigenvalue weighted by molar-refractivity contribution is -0.0592. The Labute approximate surface area is 231 Å². The Balaban J connectivity index is 1.14. The van der Waals surface area contributed by atoms with Crippen molar-refractivity contribution in [3.8, 4) is 11.8 Å². The summed E-state index contributed by atoms with van der Waals surface area (Å²) in [4.78, 5) is 11.7. The van der Waals surface area contributed by atoms with Crippen molar-refractivity contribution in [1.82, 2.24) is 19.4 Å². The Bertz CT molecular complexity index is 1590. The van der Waals surface area contributed by atoms with Crippen LogP contribution in [0.4, 0.5) is 4.39 Å².